The normalized spacial score (nSPS) is 10.7. The molecule has 0 aliphatic rings. The van der Waals surface area contributed by atoms with E-state index in [9.17, 15) is 0 Å². The Kier molecular flexibility index (Phi) is 3.77. The maximum absolute atomic E-state index is 4.32. The van der Waals surface area contributed by atoms with Crippen molar-refractivity contribution in [3.8, 4) is 0 Å². The predicted molar refractivity (Wildman–Crippen MR) is 63.0 cm³/mol. The highest BCUT2D eigenvalue weighted by molar-refractivity contribution is 5.01. The highest BCUT2D eigenvalue weighted by Crippen LogP contribution is 1.96. The van der Waals surface area contributed by atoms with Gasteiger partial charge in [-0.2, -0.15) is 5.10 Å². The number of nitrogens with one attached hydrogen (secondary N) is 1. The predicted octanol–water partition coefficient (Wildman–Crippen LogP) is 0.686. The average Bonchev–Trinajstić information content (AvgIpc) is 2.77. The van der Waals surface area contributed by atoms with Gasteiger partial charge in [0, 0.05) is 19.3 Å². The van der Waals surface area contributed by atoms with Crippen LogP contribution in [0, 0.1) is 6.92 Å². The van der Waals surface area contributed by atoms with E-state index in [1.165, 1.54) is 0 Å². The van der Waals surface area contributed by atoms with Gasteiger partial charge in [0.15, 0.2) is 0 Å². The third kappa shape index (κ3) is 3.07. The first-order chi connectivity index (χ1) is 8.29. The zero-order valence-corrected chi connectivity index (χ0v) is 10.1. The molecule has 0 bridgehead atoms. The van der Waals surface area contributed by atoms with Gasteiger partial charge in [-0.05, 0) is 19.9 Å². The molecular formula is C11H16N6. The van der Waals surface area contributed by atoms with E-state index < -0.39 is 0 Å². The van der Waals surface area contributed by atoms with Crippen LogP contribution in [0.5, 0.6) is 0 Å². The number of aryl methyl sites for hydroxylation is 2. The first-order valence-electron chi connectivity index (χ1n) is 5.65. The van der Waals surface area contributed by atoms with Gasteiger partial charge in [-0.1, -0.05) is 0 Å². The third-order valence-corrected chi connectivity index (χ3v) is 2.42. The fourth-order valence-electron chi connectivity index (χ4n) is 1.60. The molecule has 0 radical (unpaired) electrons. The summed E-state index contributed by atoms with van der Waals surface area (Å²) in [6.45, 7) is 6.17. The highest BCUT2D eigenvalue weighted by atomic mass is 15.3. The standard InChI is InChI=1S/C11H16N6/c1-3-17-11(14-8-15-17)7-12-6-10-4-5-13-9(2)16-10/h4-5,8,12H,3,6-7H2,1-2H3. The number of rotatable bonds is 5. The van der Waals surface area contributed by atoms with Crippen molar-refractivity contribution in [2.45, 2.75) is 33.5 Å². The quantitative estimate of drug-likeness (QED) is 0.821. The first kappa shape index (κ1) is 11.7. The van der Waals surface area contributed by atoms with E-state index in [1.807, 2.05) is 24.6 Å². The number of hydrogen-bond donors (Lipinski definition) is 1. The molecule has 2 aromatic heterocycles. The molecule has 2 heterocycles. The van der Waals surface area contributed by atoms with Crippen LogP contribution in [0.4, 0.5) is 0 Å². The Bertz CT molecular complexity index is 478. The monoisotopic (exact) mass is 232 g/mol. The molecule has 17 heavy (non-hydrogen) atoms. The van der Waals surface area contributed by atoms with Crippen molar-refractivity contribution in [2.75, 3.05) is 0 Å². The summed E-state index contributed by atoms with van der Waals surface area (Å²) in [4.78, 5) is 12.6. The summed E-state index contributed by atoms with van der Waals surface area (Å²) in [5.74, 6) is 1.74. The Labute approximate surface area is 100 Å². The molecule has 90 valence electrons. The molecule has 0 fully saturated rings. The topological polar surface area (TPSA) is 68.5 Å². The van der Waals surface area contributed by atoms with Crippen molar-refractivity contribution in [3.63, 3.8) is 0 Å². The average molecular weight is 232 g/mol. The summed E-state index contributed by atoms with van der Waals surface area (Å²) >= 11 is 0. The van der Waals surface area contributed by atoms with Crippen molar-refractivity contribution in [1.82, 2.24) is 30.0 Å². The van der Waals surface area contributed by atoms with Crippen LogP contribution in [0.25, 0.3) is 0 Å². The summed E-state index contributed by atoms with van der Waals surface area (Å²) in [5.41, 5.74) is 0.986. The Morgan fingerprint density at radius 2 is 2.18 bits per heavy atom. The van der Waals surface area contributed by atoms with Gasteiger partial charge >= 0.3 is 0 Å². The summed E-state index contributed by atoms with van der Waals surface area (Å²) in [6.07, 6.45) is 3.35. The zero-order valence-electron chi connectivity index (χ0n) is 10.1. The minimum Gasteiger partial charge on any atom is -0.304 e. The summed E-state index contributed by atoms with van der Waals surface area (Å²) in [6, 6.07) is 1.91. The maximum Gasteiger partial charge on any atom is 0.140 e. The van der Waals surface area contributed by atoms with E-state index in [1.54, 1.807) is 12.5 Å². The molecule has 0 saturated heterocycles. The molecule has 0 amide bonds. The van der Waals surface area contributed by atoms with Crippen molar-refractivity contribution < 1.29 is 0 Å². The van der Waals surface area contributed by atoms with Gasteiger partial charge < -0.3 is 5.32 Å². The number of aromatic nitrogens is 5. The minimum atomic E-state index is 0.691. The smallest absolute Gasteiger partial charge is 0.140 e. The Morgan fingerprint density at radius 1 is 1.29 bits per heavy atom. The zero-order chi connectivity index (χ0) is 12.1. The molecular weight excluding hydrogens is 216 g/mol. The molecule has 0 aliphatic heterocycles. The van der Waals surface area contributed by atoms with Crippen LogP contribution in [-0.4, -0.2) is 24.7 Å². The second-order valence-corrected chi connectivity index (χ2v) is 3.69. The van der Waals surface area contributed by atoms with E-state index in [-0.39, 0.29) is 0 Å². The van der Waals surface area contributed by atoms with Gasteiger partial charge in [-0.25, -0.2) is 19.6 Å². The number of hydrogen-bond acceptors (Lipinski definition) is 5. The van der Waals surface area contributed by atoms with Crippen LogP contribution in [0.15, 0.2) is 18.6 Å². The maximum atomic E-state index is 4.32. The molecule has 0 atom stereocenters. The van der Waals surface area contributed by atoms with Gasteiger partial charge in [0.2, 0.25) is 0 Å². The lowest BCUT2D eigenvalue weighted by molar-refractivity contribution is 0.568. The van der Waals surface area contributed by atoms with Gasteiger partial charge in [0.1, 0.15) is 18.0 Å². The molecule has 0 unspecified atom stereocenters. The lowest BCUT2D eigenvalue weighted by Gasteiger charge is -2.05. The minimum absolute atomic E-state index is 0.691. The highest BCUT2D eigenvalue weighted by Gasteiger charge is 2.02. The molecule has 2 aromatic rings. The fourth-order valence-corrected chi connectivity index (χ4v) is 1.60. The van der Waals surface area contributed by atoms with Crippen LogP contribution in [-0.2, 0) is 19.6 Å². The van der Waals surface area contributed by atoms with Crippen molar-refractivity contribution in [3.05, 3.63) is 35.9 Å². The molecule has 6 nitrogen and oxygen atoms in total. The molecule has 0 spiro atoms. The molecule has 1 N–H and O–H groups in total. The van der Waals surface area contributed by atoms with Crippen LogP contribution < -0.4 is 5.32 Å². The van der Waals surface area contributed by atoms with Crippen molar-refractivity contribution >= 4 is 0 Å². The van der Waals surface area contributed by atoms with E-state index in [0.717, 1.165) is 23.9 Å². The second kappa shape index (κ2) is 5.49. The molecule has 0 aromatic carbocycles. The van der Waals surface area contributed by atoms with E-state index in [0.29, 0.717) is 13.1 Å². The first-order valence-corrected chi connectivity index (χ1v) is 5.65. The van der Waals surface area contributed by atoms with Crippen molar-refractivity contribution in [1.29, 1.82) is 0 Å². The van der Waals surface area contributed by atoms with Gasteiger partial charge in [-0.3, -0.25) is 0 Å². The van der Waals surface area contributed by atoms with Gasteiger partial charge in [-0.15, -0.1) is 0 Å². The SMILES string of the molecule is CCn1ncnc1CNCc1ccnc(C)n1. The van der Waals surface area contributed by atoms with Gasteiger partial charge in [0.25, 0.3) is 0 Å². The van der Waals surface area contributed by atoms with Crippen LogP contribution >= 0.6 is 0 Å². The molecule has 0 saturated carbocycles. The summed E-state index contributed by atoms with van der Waals surface area (Å²) < 4.78 is 1.87. The third-order valence-electron chi connectivity index (χ3n) is 2.42. The fraction of sp³-hybridized carbons (Fsp3) is 0.455. The van der Waals surface area contributed by atoms with Crippen molar-refractivity contribution in [2.24, 2.45) is 0 Å². The lowest BCUT2D eigenvalue weighted by atomic mass is 10.4. The second-order valence-electron chi connectivity index (χ2n) is 3.69. The molecule has 0 aliphatic carbocycles. The molecule has 2 rings (SSSR count). The van der Waals surface area contributed by atoms with Crippen LogP contribution in [0.3, 0.4) is 0 Å². The van der Waals surface area contributed by atoms with E-state index in [2.05, 4.69) is 25.4 Å². The summed E-state index contributed by atoms with van der Waals surface area (Å²) in [7, 11) is 0. The summed E-state index contributed by atoms with van der Waals surface area (Å²) in [5, 5.41) is 7.41. The van der Waals surface area contributed by atoms with E-state index in [4.69, 9.17) is 0 Å². The Hall–Kier alpha value is -1.82. The largest absolute Gasteiger partial charge is 0.304 e. The Balaban J connectivity index is 1.87. The van der Waals surface area contributed by atoms with Crippen LogP contribution in [0.1, 0.15) is 24.3 Å². The van der Waals surface area contributed by atoms with Crippen LogP contribution in [0.2, 0.25) is 0 Å². The van der Waals surface area contributed by atoms with E-state index >= 15 is 0 Å². The Morgan fingerprint density at radius 3 is 2.94 bits per heavy atom. The lowest BCUT2D eigenvalue weighted by Crippen LogP contribution is -2.17. The molecule has 6 heteroatoms. The van der Waals surface area contributed by atoms with Gasteiger partial charge in [0.05, 0.1) is 12.2 Å². The number of nitrogens with zero attached hydrogens (tertiary/aromatic N) is 5.